The molecular formula is C17H20N2O2. The lowest BCUT2D eigenvalue weighted by molar-refractivity contribution is -0.155. The molecule has 1 aliphatic heterocycles. The van der Waals surface area contributed by atoms with Crippen LogP contribution in [0.25, 0.3) is 0 Å². The highest BCUT2D eigenvalue weighted by atomic mass is 16.2. The van der Waals surface area contributed by atoms with Gasteiger partial charge >= 0.3 is 0 Å². The third-order valence-corrected chi connectivity index (χ3v) is 5.02. The Morgan fingerprint density at radius 1 is 1.00 bits per heavy atom. The van der Waals surface area contributed by atoms with Crippen molar-refractivity contribution in [3.63, 3.8) is 0 Å². The molecule has 1 heterocycles. The summed E-state index contributed by atoms with van der Waals surface area (Å²) in [4.78, 5) is 27.4. The van der Waals surface area contributed by atoms with Gasteiger partial charge in [-0.2, -0.15) is 0 Å². The summed E-state index contributed by atoms with van der Waals surface area (Å²) < 4.78 is 0. The summed E-state index contributed by atoms with van der Waals surface area (Å²) >= 11 is 0. The van der Waals surface area contributed by atoms with E-state index in [9.17, 15) is 9.59 Å². The number of hydrogen-bond acceptors (Lipinski definition) is 2. The van der Waals surface area contributed by atoms with E-state index in [1.807, 2.05) is 35.2 Å². The highest BCUT2D eigenvalue weighted by Gasteiger charge is 2.50. The minimum Gasteiger partial charge on any atom is -0.342 e. The zero-order valence-corrected chi connectivity index (χ0v) is 12.0. The molecule has 2 amide bonds. The number of piperazine rings is 1. The minimum absolute atomic E-state index is 0.00963. The van der Waals surface area contributed by atoms with Crippen molar-refractivity contribution in [3.8, 4) is 0 Å². The van der Waals surface area contributed by atoms with E-state index in [2.05, 4.69) is 5.32 Å². The first-order chi connectivity index (χ1) is 10.3. The largest absolute Gasteiger partial charge is 0.342 e. The molecule has 2 aliphatic carbocycles. The molecule has 4 nitrogen and oxygen atoms in total. The lowest BCUT2D eigenvalue weighted by Crippen LogP contribution is -2.63. The van der Waals surface area contributed by atoms with Crippen LogP contribution in [0, 0.1) is 5.92 Å². The molecule has 110 valence electrons. The third-order valence-electron chi connectivity index (χ3n) is 5.02. The van der Waals surface area contributed by atoms with Crippen molar-refractivity contribution in [3.05, 3.63) is 35.9 Å². The first-order valence-corrected chi connectivity index (χ1v) is 7.93. The van der Waals surface area contributed by atoms with Crippen molar-refractivity contribution in [1.82, 2.24) is 10.2 Å². The fourth-order valence-electron chi connectivity index (χ4n) is 3.46. The second kappa shape index (κ2) is 4.86. The topological polar surface area (TPSA) is 49.4 Å². The summed E-state index contributed by atoms with van der Waals surface area (Å²) in [6, 6.07) is 9.21. The summed E-state index contributed by atoms with van der Waals surface area (Å²) in [6.07, 6.45) is 5.33. The second-order valence-corrected chi connectivity index (χ2v) is 6.47. The number of rotatable bonds is 3. The van der Waals surface area contributed by atoms with Gasteiger partial charge in [0.15, 0.2) is 0 Å². The van der Waals surface area contributed by atoms with E-state index in [4.69, 9.17) is 0 Å². The molecule has 0 radical (unpaired) electrons. The maximum absolute atomic E-state index is 12.9. The molecule has 0 spiro atoms. The monoisotopic (exact) mass is 284 g/mol. The molecule has 3 fully saturated rings. The lowest BCUT2D eigenvalue weighted by Gasteiger charge is -2.46. The van der Waals surface area contributed by atoms with Gasteiger partial charge in [-0.15, -0.1) is 0 Å². The van der Waals surface area contributed by atoms with Crippen molar-refractivity contribution in [2.75, 3.05) is 0 Å². The van der Waals surface area contributed by atoms with Crippen LogP contribution in [-0.4, -0.2) is 28.8 Å². The molecule has 0 bridgehead atoms. The van der Waals surface area contributed by atoms with Crippen LogP contribution in [0.3, 0.4) is 0 Å². The number of nitrogens with zero attached hydrogens (tertiary/aromatic N) is 1. The molecule has 0 aromatic heterocycles. The Balaban J connectivity index is 1.69. The fraction of sp³-hybridized carbons (Fsp3) is 0.529. The van der Waals surface area contributed by atoms with Crippen molar-refractivity contribution >= 4 is 11.8 Å². The zero-order valence-electron chi connectivity index (χ0n) is 12.0. The predicted molar refractivity (Wildman–Crippen MR) is 78.3 cm³/mol. The first-order valence-electron chi connectivity index (χ1n) is 7.93. The molecule has 2 unspecified atom stereocenters. The number of hydrogen-bond donors (Lipinski definition) is 1. The average Bonchev–Trinajstić information content (AvgIpc) is 3.26. The summed E-state index contributed by atoms with van der Waals surface area (Å²) in [5, 5.41) is 2.98. The van der Waals surface area contributed by atoms with Crippen LogP contribution in [0.1, 0.15) is 43.7 Å². The van der Waals surface area contributed by atoms with Crippen LogP contribution in [0.4, 0.5) is 0 Å². The standard InChI is InChI=1S/C17H20N2O2/c20-16-15(12-5-2-1-3-6-12)19(13-7-4-8-13)17(21)14(18-16)11-9-10-11/h1-3,5-6,11,13-15H,4,7-10H2,(H,18,20). The van der Waals surface area contributed by atoms with Crippen LogP contribution >= 0.6 is 0 Å². The Morgan fingerprint density at radius 3 is 2.29 bits per heavy atom. The maximum Gasteiger partial charge on any atom is 0.248 e. The van der Waals surface area contributed by atoms with Crippen LogP contribution in [0.15, 0.2) is 30.3 Å². The normalized spacial score (nSPS) is 30.0. The Kier molecular flexibility index (Phi) is 2.98. The molecule has 4 rings (SSSR count). The van der Waals surface area contributed by atoms with Crippen molar-refractivity contribution in [2.24, 2.45) is 5.92 Å². The van der Waals surface area contributed by atoms with Crippen molar-refractivity contribution in [2.45, 2.75) is 50.2 Å². The SMILES string of the molecule is O=C1NC(C2CC2)C(=O)N(C2CCC2)C1c1ccccc1. The van der Waals surface area contributed by atoms with Gasteiger partial charge in [-0.3, -0.25) is 9.59 Å². The van der Waals surface area contributed by atoms with Gasteiger partial charge in [0, 0.05) is 6.04 Å². The highest BCUT2D eigenvalue weighted by molar-refractivity contribution is 5.98. The minimum atomic E-state index is -0.445. The quantitative estimate of drug-likeness (QED) is 0.923. The molecule has 3 aliphatic rings. The van der Waals surface area contributed by atoms with E-state index in [0.29, 0.717) is 5.92 Å². The van der Waals surface area contributed by atoms with E-state index in [1.165, 1.54) is 0 Å². The summed E-state index contributed by atoms with van der Waals surface area (Å²) in [5.41, 5.74) is 0.921. The van der Waals surface area contributed by atoms with Gasteiger partial charge in [0.25, 0.3) is 0 Å². The van der Waals surface area contributed by atoms with Gasteiger partial charge in [-0.1, -0.05) is 30.3 Å². The molecule has 2 atom stereocenters. The van der Waals surface area contributed by atoms with E-state index < -0.39 is 6.04 Å². The molecule has 1 saturated heterocycles. The number of benzene rings is 1. The Labute approximate surface area is 124 Å². The Hall–Kier alpha value is -1.84. The Morgan fingerprint density at radius 2 is 1.71 bits per heavy atom. The van der Waals surface area contributed by atoms with Gasteiger partial charge in [0.1, 0.15) is 12.1 Å². The molecule has 1 aromatic carbocycles. The molecular weight excluding hydrogens is 264 g/mol. The summed E-state index contributed by atoms with van der Waals surface area (Å²) in [6.45, 7) is 0. The van der Waals surface area contributed by atoms with Crippen molar-refractivity contribution in [1.29, 1.82) is 0 Å². The molecule has 1 aromatic rings. The van der Waals surface area contributed by atoms with Crippen LogP contribution in [0.5, 0.6) is 0 Å². The number of amides is 2. The summed E-state index contributed by atoms with van der Waals surface area (Å²) in [5.74, 6) is 0.487. The molecule has 21 heavy (non-hydrogen) atoms. The molecule has 1 N–H and O–H groups in total. The van der Waals surface area contributed by atoms with E-state index in [0.717, 1.165) is 37.7 Å². The number of carbonyl (C=O) groups is 2. The maximum atomic E-state index is 12.9. The van der Waals surface area contributed by atoms with Crippen LogP contribution < -0.4 is 5.32 Å². The smallest absolute Gasteiger partial charge is 0.248 e. The fourth-order valence-corrected chi connectivity index (χ4v) is 3.46. The second-order valence-electron chi connectivity index (χ2n) is 6.47. The van der Waals surface area contributed by atoms with Crippen LogP contribution in [-0.2, 0) is 9.59 Å². The van der Waals surface area contributed by atoms with Gasteiger partial charge in [0.2, 0.25) is 11.8 Å². The molecule has 4 heteroatoms. The van der Waals surface area contributed by atoms with Gasteiger partial charge < -0.3 is 10.2 Å². The Bertz CT molecular complexity index is 563. The van der Waals surface area contributed by atoms with Crippen molar-refractivity contribution < 1.29 is 9.59 Å². The van der Waals surface area contributed by atoms with Gasteiger partial charge in [-0.05, 0) is 43.6 Å². The van der Waals surface area contributed by atoms with E-state index in [1.54, 1.807) is 0 Å². The van der Waals surface area contributed by atoms with Gasteiger partial charge in [0.05, 0.1) is 0 Å². The lowest BCUT2D eigenvalue weighted by atomic mass is 9.86. The zero-order chi connectivity index (χ0) is 14.4. The number of nitrogens with one attached hydrogen (secondary N) is 1. The average molecular weight is 284 g/mol. The molecule has 2 saturated carbocycles. The van der Waals surface area contributed by atoms with Gasteiger partial charge in [-0.25, -0.2) is 0 Å². The van der Waals surface area contributed by atoms with Crippen LogP contribution in [0.2, 0.25) is 0 Å². The predicted octanol–water partition coefficient (Wildman–Crippen LogP) is 2.02. The first kappa shape index (κ1) is 12.9. The third kappa shape index (κ3) is 2.13. The van der Waals surface area contributed by atoms with E-state index >= 15 is 0 Å². The number of carbonyl (C=O) groups excluding carboxylic acids is 2. The summed E-state index contributed by atoms with van der Waals surface area (Å²) in [7, 11) is 0. The van der Waals surface area contributed by atoms with E-state index in [-0.39, 0.29) is 23.9 Å². The highest BCUT2D eigenvalue weighted by Crippen LogP contribution is 2.40.